The van der Waals surface area contributed by atoms with E-state index in [1.165, 1.54) is 18.1 Å². The highest BCUT2D eigenvalue weighted by atomic mass is 16.5. The summed E-state index contributed by atoms with van der Waals surface area (Å²) < 4.78 is 10.4. The molecule has 1 aromatic carbocycles. The Balaban J connectivity index is 1.54. The van der Waals surface area contributed by atoms with Crippen LogP contribution in [0.1, 0.15) is 27.9 Å². The van der Waals surface area contributed by atoms with E-state index in [-0.39, 0.29) is 5.91 Å². The fraction of sp³-hybridized carbons (Fsp3) is 0.421. The van der Waals surface area contributed by atoms with Crippen LogP contribution in [0.3, 0.4) is 0 Å². The van der Waals surface area contributed by atoms with E-state index >= 15 is 0 Å². The van der Waals surface area contributed by atoms with E-state index in [1.54, 1.807) is 25.1 Å². The standard InChI is InChI=1S/C19H24N2O3/c1-20(19(22)17-8-10-24-14-17)11-15-3-5-16(6-4-15)12-21-9-7-18(13-21)23-2/h3-6,8,10,14,18H,7,9,11-13H2,1-2H3. The zero-order chi connectivity index (χ0) is 16.9. The van der Waals surface area contributed by atoms with Crippen LogP contribution >= 0.6 is 0 Å². The van der Waals surface area contributed by atoms with Gasteiger partial charge < -0.3 is 14.1 Å². The lowest BCUT2D eigenvalue weighted by atomic mass is 10.1. The van der Waals surface area contributed by atoms with Crippen LogP contribution in [-0.2, 0) is 17.8 Å². The maximum Gasteiger partial charge on any atom is 0.257 e. The lowest BCUT2D eigenvalue weighted by molar-refractivity contribution is 0.0784. The monoisotopic (exact) mass is 328 g/mol. The Morgan fingerprint density at radius 1 is 1.29 bits per heavy atom. The molecule has 1 amide bonds. The van der Waals surface area contributed by atoms with Crippen LogP contribution in [-0.4, -0.2) is 49.1 Å². The van der Waals surface area contributed by atoms with E-state index in [9.17, 15) is 4.79 Å². The van der Waals surface area contributed by atoms with Crippen molar-refractivity contribution < 1.29 is 13.9 Å². The Morgan fingerprint density at radius 3 is 2.67 bits per heavy atom. The smallest absolute Gasteiger partial charge is 0.257 e. The van der Waals surface area contributed by atoms with Crippen LogP contribution in [0.25, 0.3) is 0 Å². The second-order valence-corrected chi connectivity index (χ2v) is 6.37. The van der Waals surface area contributed by atoms with Gasteiger partial charge in [0.1, 0.15) is 6.26 Å². The van der Waals surface area contributed by atoms with Crippen molar-refractivity contribution in [2.45, 2.75) is 25.6 Å². The SMILES string of the molecule is COC1CCN(Cc2ccc(CN(C)C(=O)c3ccoc3)cc2)C1. The Bertz CT molecular complexity index is 652. The maximum atomic E-state index is 12.2. The first-order chi connectivity index (χ1) is 11.7. The lowest BCUT2D eigenvalue weighted by Gasteiger charge is -2.18. The number of furan rings is 1. The molecule has 1 saturated heterocycles. The molecule has 0 spiro atoms. The summed E-state index contributed by atoms with van der Waals surface area (Å²) in [6, 6.07) is 10.2. The van der Waals surface area contributed by atoms with Crippen molar-refractivity contribution in [2.24, 2.45) is 0 Å². The van der Waals surface area contributed by atoms with E-state index < -0.39 is 0 Å². The Hall–Kier alpha value is -2.11. The molecule has 5 nitrogen and oxygen atoms in total. The van der Waals surface area contributed by atoms with Gasteiger partial charge in [0.2, 0.25) is 0 Å². The van der Waals surface area contributed by atoms with Crippen molar-refractivity contribution in [3.8, 4) is 0 Å². The number of methoxy groups -OCH3 is 1. The average Bonchev–Trinajstić information content (AvgIpc) is 3.27. The van der Waals surface area contributed by atoms with Gasteiger partial charge in [-0.2, -0.15) is 0 Å². The average molecular weight is 328 g/mol. The molecule has 1 atom stereocenters. The van der Waals surface area contributed by atoms with Crippen LogP contribution in [0, 0.1) is 0 Å². The zero-order valence-corrected chi connectivity index (χ0v) is 14.3. The molecule has 3 rings (SSSR count). The van der Waals surface area contributed by atoms with Crippen molar-refractivity contribution in [1.82, 2.24) is 9.80 Å². The number of hydrogen-bond donors (Lipinski definition) is 0. The second kappa shape index (κ2) is 7.64. The third-order valence-electron chi connectivity index (χ3n) is 4.53. The summed E-state index contributed by atoms with van der Waals surface area (Å²) in [5, 5.41) is 0. The summed E-state index contributed by atoms with van der Waals surface area (Å²) in [5.74, 6) is -0.0319. The van der Waals surface area contributed by atoms with E-state index in [4.69, 9.17) is 9.15 Å². The van der Waals surface area contributed by atoms with Gasteiger partial charge in [0.15, 0.2) is 0 Å². The molecule has 128 valence electrons. The van der Waals surface area contributed by atoms with Crippen LogP contribution in [0.4, 0.5) is 0 Å². The van der Waals surface area contributed by atoms with Gasteiger partial charge in [-0.15, -0.1) is 0 Å². The third-order valence-corrected chi connectivity index (χ3v) is 4.53. The normalized spacial score (nSPS) is 18.0. The molecule has 2 aromatic rings. The summed E-state index contributed by atoms with van der Waals surface area (Å²) in [4.78, 5) is 16.3. The topological polar surface area (TPSA) is 45.9 Å². The van der Waals surface area contributed by atoms with Gasteiger partial charge in [0.25, 0.3) is 5.91 Å². The second-order valence-electron chi connectivity index (χ2n) is 6.37. The number of benzene rings is 1. The van der Waals surface area contributed by atoms with Gasteiger partial charge >= 0.3 is 0 Å². The molecule has 0 saturated carbocycles. The largest absolute Gasteiger partial charge is 0.472 e. The molecule has 1 fully saturated rings. The maximum absolute atomic E-state index is 12.2. The Labute approximate surface area is 142 Å². The minimum atomic E-state index is -0.0319. The van der Waals surface area contributed by atoms with Crippen molar-refractivity contribution in [1.29, 1.82) is 0 Å². The molecule has 1 unspecified atom stereocenters. The van der Waals surface area contributed by atoms with Crippen LogP contribution in [0.5, 0.6) is 0 Å². The fourth-order valence-electron chi connectivity index (χ4n) is 3.09. The molecule has 1 aliphatic heterocycles. The molecule has 0 bridgehead atoms. The van der Waals surface area contributed by atoms with Crippen molar-refractivity contribution in [3.63, 3.8) is 0 Å². The number of nitrogens with zero attached hydrogens (tertiary/aromatic N) is 2. The molecule has 1 aliphatic rings. The lowest BCUT2D eigenvalue weighted by Crippen LogP contribution is -2.25. The minimum absolute atomic E-state index is 0.0319. The molecule has 1 aromatic heterocycles. The summed E-state index contributed by atoms with van der Waals surface area (Å²) >= 11 is 0. The summed E-state index contributed by atoms with van der Waals surface area (Å²) in [6.45, 7) is 3.62. The molecular formula is C19H24N2O3. The number of ether oxygens (including phenoxy) is 1. The Morgan fingerprint density at radius 2 is 2.04 bits per heavy atom. The third kappa shape index (κ3) is 4.04. The van der Waals surface area contributed by atoms with Crippen LogP contribution in [0.2, 0.25) is 0 Å². The predicted molar refractivity (Wildman–Crippen MR) is 91.6 cm³/mol. The molecule has 2 heterocycles. The molecular weight excluding hydrogens is 304 g/mol. The molecule has 0 radical (unpaired) electrons. The van der Waals surface area contributed by atoms with Crippen LogP contribution < -0.4 is 0 Å². The number of amides is 1. The number of hydrogen-bond acceptors (Lipinski definition) is 4. The zero-order valence-electron chi connectivity index (χ0n) is 14.3. The number of carbonyl (C=O) groups excluding carboxylic acids is 1. The molecule has 24 heavy (non-hydrogen) atoms. The van der Waals surface area contributed by atoms with Gasteiger partial charge in [0, 0.05) is 40.3 Å². The highest BCUT2D eigenvalue weighted by Crippen LogP contribution is 2.16. The summed E-state index contributed by atoms with van der Waals surface area (Å²) in [6.07, 6.45) is 4.47. The van der Waals surface area contributed by atoms with Gasteiger partial charge in [-0.3, -0.25) is 9.69 Å². The number of likely N-dealkylation sites (tertiary alicyclic amines) is 1. The van der Waals surface area contributed by atoms with E-state index in [0.717, 1.165) is 31.6 Å². The molecule has 0 N–H and O–H groups in total. The van der Waals surface area contributed by atoms with E-state index in [0.29, 0.717) is 18.2 Å². The summed E-state index contributed by atoms with van der Waals surface area (Å²) in [7, 11) is 3.59. The van der Waals surface area contributed by atoms with Gasteiger partial charge in [-0.25, -0.2) is 0 Å². The minimum Gasteiger partial charge on any atom is -0.472 e. The van der Waals surface area contributed by atoms with Crippen molar-refractivity contribution in [2.75, 3.05) is 27.2 Å². The van der Waals surface area contributed by atoms with Crippen molar-refractivity contribution in [3.05, 3.63) is 59.5 Å². The Kier molecular flexibility index (Phi) is 5.33. The number of carbonyl (C=O) groups is 1. The highest BCUT2D eigenvalue weighted by molar-refractivity contribution is 5.93. The van der Waals surface area contributed by atoms with Gasteiger partial charge in [0.05, 0.1) is 17.9 Å². The molecule has 0 aliphatic carbocycles. The quantitative estimate of drug-likeness (QED) is 0.818. The summed E-state index contributed by atoms with van der Waals surface area (Å²) in [5.41, 5.74) is 2.99. The van der Waals surface area contributed by atoms with Gasteiger partial charge in [-0.05, 0) is 23.6 Å². The highest BCUT2D eigenvalue weighted by Gasteiger charge is 2.21. The first-order valence-electron chi connectivity index (χ1n) is 8.26. The van der Waals surface area contributed by atoms with Crippen molar-refractivity contribution >= 4 is 5.91 Å². The van der Waals surface area contributed by atoms with E-state index in [1.807, 2.05) is 0 Å². The predicted octanol–water partition coefficient (Wildman–Crippen LogP) is 2.77. The molecule has 5 heteroatoms. The van der Waals surface area contributed by atoms with Crippen LogP contribution in [0.15, 0.2) is 47.3 Å². The first-order valence-corrected chi connectivity index (χ1v) is 8.26. The fourth-order valence-corrected chi connectivity index (χ4v) is 3.09. The van der Waals surface area contributed by atoms with Gasteiger partial charge in [-0.1, -0.05) is 24.3 Å². The number of rotatable bonds is 6. The van der Waals surface area contributed by atoms with E-state index in [2.05, 4.69) is 29.2 Å². The first kappa shape index (κ1) is 16.7.